The van der Waals surface area contributed by atoms with Gasteiger partial charge in [-0.1, -0.05) is 0 Å². The van der Waals surface area contributed by atoms with Crippen LogP contribution in [0.5, 0.6) is 5.75 Å². The summed E-state index contributed by atoms with van der Waals surface area (Å²) in [5.41, 5.74) is 0.423. The normalized spacial score (nSPS) is 9.92. The van der Waals surface area contributed by atoms with E-state index < -0.39 is 6.16 Å². The largest absolute Gasteiger partial charge is 0.513 e. The predicted octanol–water partition coefficient (Wildman–Crippen LogP) is 1.83. The lowest BCUT2D eigenvalue weighted by Gasteiger charge is -2.08. The predicted molar refractivity (Wildman–Crippen MR) is 94.0 cm³/mol. The number of hydrogen-bond acceptors (Lipinski definition) is 6. The van der Waals surface area contributed by atoms with Crippen LogP contribution in [0, 0.1) is 0 Å². The number of nitrogens with one attached hydrogen (secondary N) is 2. The van der Waals surface area contributed by atoms with Crippen LogP contribution in [0.25, 0.3) is 0 Å². The van der Waals surface area contributed by atoms with Crippen molar-refractivity contribution >= 4 is 23.8 Å². The summed E-state index contributed by atoms with van der Waals surface area (Å²) in [5, 5.41) is 5.41. The Kier molecular flexibility index (Phi) is 9.45. The van der Waals surface area contributed by atoms with Gasteiger partial charge >= 0.3 is 6.16 Å². The summed E-state index contributed by atoms with van der Waals surface area (Å²) in [5.74, 6) is -0.182. The minimum absolute atomic E-state index is 0.0221. The van der Waals surface area contributed by atoms with Gasteiger partial charge in [0.15, 0.2) is 0 Å². The van der Waals surface area contributed by atoms with E-state index in [9.17, 15) is 19.2 Å². The number of amides is 2. The van der Waals surface area contributed by atoms with Crippen LogP contribution in [0.15, 0.2) is 24.3 Å². The lowest BCUT2D eigenvalue weighted by molar-refractivity contribution is -0.124. The standard InChI is InChI=1S/C18H24N2O6/c1-3-25-18(24)26-15-8-6-14(7-9-15)17(23)20-12-4-11-19-16(22)10-5-13(2)21/h6-9H,3-5,10-12H2,1-2H3,(H,19,22)(H,20,23). The van der Waals surface area contributed by atoms with Crippen molar-refractivity contribution in [1.82, 2.24) is 10.6 Å². The highest BCUT2D eigenvalue weighted by molar-refractivity contribution is 5.94. The Bertz CT molecular complexity index is 627. The third kappa shape index (κ3) is 8.81. The van der Waals surface area contributed by atoms with Crippen LogP contribution in [-0.4, -0.2) is 43.4 Å². The Balaban J connectivity index is 2.25. The molecule has 0 aliphatic carbocycles. The van der Waals surface area contributed by atoms with Crippen LogP contribution >= 0.6 is 0 Å². The number of benzene rings is 1. The van der Waals surface area contributed by atoms with Crippen LogP contribution in [0.4, 0.5) is 4.79 Å². The summed E-state index contributed by atoms with van der Waals surface area (Å²) >= 11 is 0. The molecule has 0 fully saturated rings. The van der Waals surface area contributed by atoms with E-state index >= 15 is 0 Å². The van der Waals surface area contributed by atoms with Crippen LogP contribution < -0.4 is 15.4 Å². The van der Waals surface area contributed by atoms with Gasteiger partial charge in [0.2, 0.25) is 5.91 Å². The van der Waals surface area contributed by atoms with E-state index in [0.717, 1.165) is 0 Å². The molecule has 0 aliphatic heterocycles. The van der Waals surface area contributed by atoms with E-state index in [4.69, 9.17) is 4.74 Å². The number of rotatable bonds is 10. The minimum atomic E-state index is -0.796. The molecule has 0 heterocycles. The number of hydrogen-bond donors (Lipinski definition) is 2. The Morgan fingerprint density at radius 3 is 2.23 bits per heavy atom. The molecule has 1 rings (SSSR count). The molecule has 1 aromatic carbocycles. The van der Waals surface area contributed by atoms with Gasteiger partial charge in [-0.3, -0.25) is 9.59 Å². The van der Waals surface area contributed by atoms with Crippen LogP contribution in [0.3, 0.4) is 0 Å². The molecule has 0 saturated heterocycles. The van der Waals surface area contributed by atoms with Gasteiger partial charge in [0.25, 0.3) is 5.91 Å². The first-order chi connectivity index (χ1) is 12.4. The molecule has 0 aliphatic rings. The molecule has 142 valence electrons. The Hall–Kier alpha value is -2.90. The molecule has 0 aromatic heterocycles. The fourth-order valence-corrected chi connectivity index (χ4v) is 1.92. The molecule has 0 bridgehead atoms. The van der Waals surface area contributed by atoms with Gasteiger partial charge in [-0.2, -0.15) is 0 Å². The monoisotopic (exact) mass is 364 g/mol. The second-order valence-corrected chi connectivity index (χ2v) is 5.47. The molecule has 8 heteroatoms. The molecule has 2 amide bonds. The summed E-state index contributed by atoms with van der Waals surface area (Å²) in [6.45, 7) is 4.15. The molecule has 8 nitrogen and oxygen atoms in total. The molecule has 2 N–H and O–H groups in total. The molecule has 0 atom stereocenters. The van der Waals surface area contributed by atoms with Gasteiger partial charge in [0, 0.05) is 31.5 Å². The third-order valence-electron chi connectivity index (χ3n) is 3.25. The smallest absolute Gasteiger partial charge is 0.434 e. The van der Waals surface area contributed by atoms with E-state index in [1.807, 2.05) is 0 Å². The maximum atomic E-state index is 12.0. The molecule has 26 heavy (non-hydrogen) atoms. The zero-order valence-corrected chi connectivity index (χ0v) is 15.0. The Labute approximate surface area is 152 Å². The molecular weight excluding hydrogens is 340 g/mol. The van der Waals surface area contributed by atoms with Crippen molar-refractivity contribution < 1.29 is 28.7 Å². The molecule has 0 radical (unpaired) electrons. The van der Waals surface area contributed by atoms with Crippen molar-refractivity contribution in [3.8, 4) is 5.75 Å². The Morgan fingerprint density at radius 1 is 0.962 bits per heavy atom. The molecule has 1 aromatic rings. The van der Waals surface area contributed by atoms with Gasteiger partial charge < -0.3 is 24.9 Å². The number of carbonyl (C=O) groups excluding carboxylic acids is 4. The Morgan fingerprint density at radius 2 is 1.62 bits per heavy atom. The highest BCUT2D eigenvalue weighted by Gasteiger charge is 2.08. The van der Waals surface area contributed by atoms with Crippen LogP contribution in [0.1, 0.15) is 43.5 Å². The number of Topliss-reactive ketones (excluding diaryl/α,β-unsaturated/α-hetero) is 1. The average Bonchev–Trinajstić information content (AvgIpc) is 2.60. The maximum absolute atomic E-state index is 12.0. The van der Waals surface area contributed by atoms with Crippen molar-refractivity contribution in [2.45, 2.75) is 33.1 Å². The fraction of sp³-hybridized carbons (Fsp3) is 0.444. The fourth-order valence-electron chi connectivity index (χ4n) is 1.92. The second kappa shape index (κ2) is 11.6. The van der Waals surface area contributed by atoms with Crippen LogP contribution in [-0.2, 0) is 14.3 Å². The third-order valence-corrected chi connectivity index (χ3v) is 3.25. The van der Waals surface area contributed by atoms with Crippen LogP contribution in [0.2, 0.25) is 0 Å². The second-order valence-electron chi connectivity index (χ2n) is 5.47. The number of ketones is 1. The summed E-state index contributed by atoms with van der Waals surface area (Å²) < 4.78 is 9.56. The lowest BCUT2D eigenvalue weighted by atomic mass is 10.2. The molecule has 0 saturated carbocycles. The van der Waals surface area contributed by atoms with Gasteiger partial charge in [-0.25, -0.2) is 4.79 Å². The molecular formula is C18H24N2O6. The molecule has 0 spiro atoms. The van der Waals surface area contributed by atoms with Gasteiger partial charge in [-0.05, 0) is 44.5 Å². The summed E-state index contributed by atoms with van der Waals surface area (Å²) in [7, 11) is 0. The van der Waals surface area contributed by atoms with E-state index in [1.54, 1.807) is 6.92 Å². The number of carbonyl (C=O) groups is 4. The highest BCUT2D eigenvalue weighted by atomic mass is 16.7. The summed E-state index contributed by atoms with van der Waals surface area (Å²) in [6, 6.07) is 6.07. The van der Waals surface area contributed by atoms with Gasteiger partial charge in [-0.15, -0.1) is 0 Å². The topological polar surface area (TPSA) is 111 Å². The van der Waals surface area contributed by atoms with E-state index in [0.29, 0.717) is 25.1 Å². The first kappa shape index (κ1) is 21.1. The minimum Gasteiger partial charge on any atom is -0.434 e. The number of ether oxygens (including phenoxy) is 2. The van der Waals surface area contributed by atoms with Crippen molar-refractivity contribution in [3.05, 3.63) is 29.8 Å². The van der Waals surface area contributed by atoms with Gasteiger partial charge in [0.1, 0.15) is 11.5 Å². The van der Waals surface area contributed by atoms with E-state index in [2.05, 4.69) is 15.4 Å². The van der Waals surface area contributed by atoms with E-state index in [1.165, 1.54) is 31.2 Å². The first-order valence-electron chi connectivity index (χ1n) is 8.41. The highest BCUT2D eigenvalue weighted by Crippen LogP contribution is 2.12. The summed E-state index contributed by atoms with van der Waals surface area (Å²) in [6.07, 6.45) is 0.192. The quantitative estimate of drug-likeness (QED) is 0.372. The lowest BCUT2D eigenvalue weighted by Crippen LogP contribution is -2.30. The van der Waals surface area contributed by atoms with Crippen molar-refractivity contribution in [1.29, 1.82) is 0 Å². The van der Waals surface area contributed by atoms with Crippen molar-refractivity contribution in [2.75, 3.05) is 19.7 Å². The first-order valence-corrected chi connectivity index (χ1v) is 8.41. The van der Waals surface area contributed by atoms with Crippen molar-refractivity contribution in [3.63, 3.8) is 0 Å². The SMILES string of the molecule is CCOC(=O)Oc1ccc(C(=O)NCCCNC(=O)CCC(C)=O)cc1. The molecule has 0 unspecified atom stereocenters. The maximum Gasteiger partial charge on any atom is 0.513 e. The van der Waals surface area contributed by atoms with Crippen molar-refractivity contribution in [2.24, 2.45) is 0 Å². The zero-order valence-electron chi connectivity index (χ0n) is 15.0. The van der Waals surface area contributed by atoms with Gasteiger partial charge in [0.05, 0.1) is 6.61 Å². The van der Waals surface area contributed by atoms with E-state index in [-0.39, 0.29) is 42.8 Å². The zero-order chi connectivity index (χ0) is 19.4. The summed E-state index contributed by atoms with van der Waals surface area (Å²) in [4.78, 5) is 45.4. The average molecular weight is 364 g/mol.